The maximum atomic E-state index is 14.0. The summed E-state index contributed by atoms with van der Waals surface area (Å²) in [6.07, 6.45) is 1.17. The van der Waals surface area contributed by atoms with Crippen LogP contribution in [0.15, 0.2) is 36.7 Å². The van der Waals surface area contributed by atoms with Crippen molar-refractivity contribution in [2.45, 2.75) is 37.9 Å². The van der Waals surface area contributed by atoms with Gasteiger partial charge in [0.2, 0.25) is 0 Å². The summed E-state index contributed by atoms with van der Waals surface area (Å²) < 4.78 is 55.8. The van der Waals surface area contributed by atoms with Gasteiger partial charge in [0.25, 0.3) is 0 Å². The van der Waals surface area contributed by atoms with Crippen LogP contribution in [0, 0.1) is 23.6 Å². The van der Waals surface area contributed by atoms with E-state index in [0.717, 1.165) is 37.9 Å². The summed E-state index contributed by atoms with van der Waals surface area (Å²) in [6, 6.07) is 4.46. The molecule has 3 N–H and O–H groups in total. The predicted octanol–water partition coefficient (Wildman–Crippen LogP) is 5.63. The van der Waals surface area contributed by atoms with Crippen LogP contribution >= 0.6 is 0 Å². The van der Waals surface area contributed by atoms with Gasteiger partial charge < -0.3 is 15.4 Å². The molecule has 0 spiro atoms. The van der Waals surface area contributed by atoms with E-state index in [0.29, 0.717) is 16.6 Å². The van der Waals surface area contributed by atoms with E-state index in [9.17, 15) is 27.5 Å². The third kappa shape index (κ3) is 3.64. The zero-order valence-corrected chi connectivity index (χ0v) is 18.8. The maximum absolute atomic E-state index is 14.0. The van der Waals surface area contributed by atoms with Gasteiger partial charge in [-0.1, -0.05) is 6.07 Å². The van der Waals surface area contributed by atoms with Crippen molar-refractivity contribution in [1.29, 1.82) is 0 Å². The number of halogens is 4. The van der Waals surface area contributed by atoms with Crippen LogP contribution in [0.2, 0.25) is 0 Å². The number of carboxylic acid groups (broad SMARTS) is 1. The largest absolute Gasteiger partial charge is 0.481 e. The van der Waals surface area contributed by atoms with Gasteiger partial charge in [-0.2, -0.15) is 13.2 Å². The molecule has 0 saturated heterocycles. The van der Waals surface area contributed by atoms with Crippen LogP contribution in [-0.4, -0.2) is 37.1 Å². The minimum atomic E-state index is -4.68. The summed E-state index contributed by atoms with van der Waals surface area (Å²) in [7, 11) is 0. The molecule has 3 aromatic heterocycles. The number of hydrogen-bond donors (Lipinski definition) is 3. The minimum absolute atomic E-state index is 0.00553. The van der Waals surface area contributed by atoms with Gasteiger partial charge in [-0.05, 0) is 55.7 Å². The van der Waals surface area contributed by atoms with Gasteiger partial charge in [-0.3, -0.25) is 4.79 Å². The molecule has 11 heteroatoms. The molecule has 3 aliphatic rings. The number of benzene rings is 1. The number of anilines is 1. The topological polar surface area (TPSA) is 104 Å². The Kier molecular flexibility index (Phi) is 5.13. The van der Waals surface area contributed by atoms with Gasteiger partial charge in [0, 0.05) is 28.6 Å². The molecule has 0 radical (unpaired) electrons. The molecule has 0 amide bonds. The molecule has 2 unspecified atom stereocenters. The first-order valence-electron chi connectivity index (χ1n) is 11.7. The van der Waals surface area contributed by atoms with E-state index in [-0.39, 0.29) is 34.4 Å². The quantitative estimate of drug-likeness (QED) is 0.315. The third-order valence-electron chi connectivity index (χ3n) is 7.58. The Bertz CT molecular complexity index is 1490. The van der Waals surface area contributed by atoms with E-state index in [1.165, 1.54) is 24.4 Å². The highest BCUT2D eigenvalue weighted by molar-refractivity contribution is 5.97. The van der Waals surface area contributed by atoms with E-state index in [1.807, 2.05) is 0 Å². The van der Waals surface area contributed by atoms with Crippen LogP contribution in [0.25, 0.3) is 33.3 Å². The molecule has 36 heavy (non-hydrogen) atoms. The first-order chi connectivity index (χ1) is 17.2. The second kappa shape index (κ2) is 8.14. The summed E-state index contributed by atoms with van der Waals surface area (Å²) in [4.78, 5) is 27.8. The number of para-hydroxylation sites is 1. The summed E-state index contributed by atoms with van der Waals surface area (Å²) in [6.45, 7) is 0. The van der Waals surface area contributed by atoms with Crippen LogP contribution in [0.3, 0.4) is 0 Å². The van der Waals surface area contributed by atoms with Crippen molar-refractivity contribution < 1.29 is 27.5 Å². The molecule has 2 bridgehead atoms. The molecule has 3 heterocycles. The number of hydrogen-bond acceptors (Lipinski definition) is 5. The molecule has 7 nitrogen and oxygen atoms in total. The Morgan fingerprint density at radius 2 is 1.83 bits per heavy atom. The number of aliphatic carboxylic acids is 1. The molecule has 0 aliphatic heterocycles. The monoisotopic (exact) mass is 499 g/mol. The third-order valence-corrected chi connectivity index (χ3v) is 7.58. The number of pyridine rings is 1. The molecule has 3 saturated carbocycles. The van der Waals surface area contributed by atoms with E-state index >= 15 is 0 Å². The number of alkyl halides is 3. The standard InChI is InChI=1S/C25H21F4N5O2/c26-13-8-15-16(10-31-21(15)30-9-13)23-33-20-14(2-1-3-17(20)25(27,28)29)22(34-23)32-19-12-6-4-11(5-7-12)18(19)24(35)36/h1-3,8-12,18-19H,4-7H2,(H,30,31)(H,35,36)(H,32,33,34). The van der Waals surface area contributed by atoms with Gasteiger partial charge in [-0.15, -0.1) is 0 Å². The van der Waals surface area contributed by atoms with Crippen LogP contribution in [0.1, 0.15) is 31.2 Å². The molecule has 3 aliphatic carbocycles. The number of aromatic amines is 1. The number of fused-ring (bicyclic) bond motifs is 5. The maximum Gasteiger partial charge on any atom is 0.418 e. The first-order valence-corrected chi connectivity index (χ1v) is 11.7. The number of carboxylic acids is 1. The smallest absolute Gasteiger partial charge is 0.418 e. The first kappa shape index (κ1) is 22.7. The minimum Gasteiger partial charge on any atom is -0.481 e. The van der Waals surface area contributed by atoms with Gasteiger partial charge in [0.15, 0.2) is 5.82 Å². The van der Waals surface area contributed by atoms with Gasteiger partial charge in [0.05, 0.1) is 23.2 Å². The molecule has 3 fully saturated rings. The van der Waals surface area contributed by atoms with Gasteiger partial charge in [-0.25, -0.2) is 19.3 Å². The summed E-state index contributed by atoms with van der Waals surface area (Å²) in [5, 5.41) is 13.6. The molecule has 186 valence electrons. The zero-order valence-electron chi connectivity index (χ0n) is 18.8. The molecular weight excluding hydrogens is 478 g/mol. The molecule has 7 rings (SSSR count). The number of H-pyrrole nitrogens is 1. The highest BCUT2D eigenvalue weighted by Gasteiger charge is 2.47. The van der Waals surface area contributed by atoms with Crippen molar-refractivity contribution in [1.82, 2.24) is 19.9 Å². The van der Waals surface area contributed by atoms with Crippen LogP contribution in [0.4, 0.5) is 23.4 Å². The lowest BCUT2D eigenvalue weighted by atomic mass is 9.61. The second-order valence-corrected chi connectivity index (χ2v) is 9.56. The van der Waals surface area contributed by atoms with Crippen molar-refractivity contribution in [2.75, 3.05) is 5.32 Å². The molecule has 2 atom stereocenters. The average Bonchev–Trinajstić information content (AvgIpc) is 3.26. The number of nitrogens with zero attached hydrogens (tertiary/aromatic N) is 3. The van der Waals surface area contributed by atoms with Crippen molar-refractivity contribution in [3.05, 3.63) is 48.0 Å². The van der Waals surface area contributed by atoms with Gasteiger partial charge in [0.1, 0.15) is 17.3 Å². The van der Waals surface area contributed by atoms with Gasteiger partial charge >= 0.3 is 12.1 Å². The highest BCUT2D eigenvalue weighted by atomic mass is 19.4. The second-order valence-electron chi connectivity index (χ2n) is 9.56. The Morgan fingerprint density at radius 3 is 2.56 bits per heavy atom. The lowest BCUT2D eigenvalue weighted by Crippen LogP contribution is -2.51. The Hall–Kier alpha value is -3.76. The molecule has 4 aromatic rings. The lowest BCUT2D eigenvalue weighted by Gasteiger charge is -2.47. The van der Waals surface area contributed by atoms with E-state index in [2.05, 4.69) is 25.3 Å². The van der Waals surface area contributed by atoms with Crippen LogP contribution in [0.5, 0.6) is 0 Å². The summed E-state index contributed by atoms with van der Waals surface area (Å²) >= 11 is 0. The number of carbonyl (C=O) groups is 1. The Morgan fingerprint density at radius 1 is 1.08 bits per heavy atom. The van der Waals surface area contributed by atoms with Crippen molar-refractivity contribution in [3.63, 3.8) is 0 Å². The summed E-state index contributed by atoms with van der Waals surface area (Å²) in [5.74, 6) is -2.04. The van der Waals surface area contributed by atoms with Crippen molar-refractivity contribution in [3.8, 4) is 11.4 Å². The van der Waals surface area contributed by atoms with Crippen LogP contribution in [-0.2, 0) is 11.0 Å². The fraction of sp³-hybridized carbons (Fsp3) is 0.360. The molecular formula is C25H21F4N5O2. The van der Waals surface area contributed by atoms with E-state index in [1.54, 1.807) is 0 Å². The average molecular weight is 499 g/mol. The lowest BCUT2D eigenvalue weighted by molar-refractivity contribution is -0.148. The highest BCUT2D eigenvalue weighted by Crippen LogP contribution is 2.47. The number of rotatable bonds is 4. The molecule has 1 aromatic carbocycles. The Labute approximate surface area is 202 Å². The zero-order chi connectivity index (χ0) is 25.2. The van der Waals surface area contributed by atoms with Crippen molar-refractivity contribution in [2.24, 2.45) is 17.8 Å². The fourth-order valence-electron chi connectivity index (χ4n) is 5.94. The van der Waals surface area contributed by atoms with E-state index < -0.39 is 35.5 Å². The summed E-state index contributed by atoms with van der Waals surface area (Å²) in [5.41, 5.74) is -0.622. The fourth-order valence-corrected chi connectivity index (χ4v) is 5.94. The number of aromatic nitrogens is 4. The SMILES string of the molecule is O=C(O)C1C2CCC(CC2)C1Nc1nc(-c2c[nH]c3ncc(F)cc23)nc2c(C(F)(F)F)cccc12. The Balaban J connectivity index is 1.56. The normalized spacial score (nSPS) is 23.9. The van der Waals surface area contributed by atoms with E-state index in [4.69, 9.17) is 0 Å². The number of nitrogens with one attached hydrogen (secondary N) is 2. The predicted molar refractivity (Wildman–Crippen MR) is 124 cm³/mol. The van der Waals surface area contributed by atoms with Crippen molar-refractivity contribution >= 4 is 33.7 Å². The van der Waals surface area contributed by atoms with Crippen LogP contribution < -0.4 is 5.32 Å².